The normalized spacial score (nSPS) is 12.0. The molecule has 1 aromatic heterocycles. The number of hydrogen-bond donors (Lipinski definition) is 1. The lowest BCUT2D eigenvalue weighted by molar-refractivity contribution is 0.355. The molecule has 0 atom stereocenters. The first-order valence-electron chi connectivity index (χ1n) is 7.51. The molecule has 2 aromatic carbocycles. The summed E-state index contributed by atoms with van der Waals surface area (Å²) in [5, 5.41) is 4.40. The second kappa shape index (κ2) is 5.26. The predicted molar refractivity (Wildman–Crippen MR) is 89.3 cm³/mol. The van der Waals surface area contributed by atoms with Gasteiger partial charge in [-0.3, -0.25) is 0 Å². The van der Waals surface area contributed by atoms with Gasteiger partial charge < -0.3 is 15.2 Å². The van der Waals surface area contributed by atoms with Crippen molar-refractivity contribution in [3.05, 3.63) is 53.3 Å². The van der Waals surface area contributed by atoms with Crippen LogP contribution in [-0.2, 0) is 6.42 Å². The van der Waals surface area contributed by atoms with Gasteiger partial charge >= 0.3 is 0 Å². The summed E-state index contributed by atoms with van der Waals surface area (Å²) in [5.74, 6) is 1.43. The molecule has 122 valence electrons. The Balaban J connectivity index is 1.95. The molecular formula is C18H16FN3O2. The molecule has 1 heterocycles. The monoisotopic (exact) mass is 325 g/mol. The maximum atomic E-state index is 13.6. The van der Waals surface area contributed by atoms with Crippen LogP contribution in [0.25, 0.3) is 16.9 Å². The molecule has 24 heavy (non-hydrogen) atoms. The molecule has 0 bridgehead atoms. The zero-order chi connectivity index (χ0) is 16.8. The lowest BCUT2D eigenvalue weighted by Gasteiger charge is -2.12. The fourth-order valence-electron chi connectivity index (χ4n) is 3.19. The second-order valence-corrected chi connectivity index (χ2v) is 5.65. The summed E-state index contributed by atoms with van der Waals surface area (Å²) < 4.78 is 26.1. The van der Waals surface area contributed by atoms with Crippen molar-refractivity contribution < 1.29 is 13.9 Å². The smallest absolute Gasteiger partial charge is 0.161 e. The van der Waals surface area contributed by atoms with E-state index in [1.807, 2.05) is 12.1 Å². The third-order valence-electron chi connectivity index (χ3n) is 4.30. The summed E-state index contributed by atoms with van der Waals surface area (Å²) >= 11 is 0. The average Bonchev–Trinajstić information content (AvgIpc) is 3.11. The number of ether oxygens (including phenoxy) is 2. The number of aromatic nitrogens is 2. The number of rotatable bonds is 3. The number of fused-ring (bicyclic) bond motifs is 3. The highest BCUT2D eigenvalue weighted by atomic mass is 19.1. The minimum Gasteiger partial charge on any atom is -0.493 e. The van der Waals surface area contributed by atoms with Crippen molar-refractivity contribution in [3.63, 3.8) is 0 Å². The summed E-state index contributed by atoms with van der Waals surface area (Å²) in [6.45, 7) is 0. The molecule has 0 radical (unpaired) electrons. The molecule has 0 fully saturated rings. The molecule has 0 amide bonds. The molecule has 0 unspecified atom stereocenters. The molecule has 5 nitrogen and oxygen atoms in total. The van der Waals surface area contributed by atoms with Crippen molar-refractivity contribution in [1.29, 1.82) is 0 Å². The zero-order valence-electron chi connectivity index (χ0n) is 13.3. The van der Waals surface area contributed by atoms with Gasteiger partial charge in [0.05, 0.1) is 25.6 Å². The van der Waals surface area contributed by atoms with Crippen LogP contribution in [0.4, 0.5) is 10.2 Å². The number of benzene rings is 2. The van der Waals surface area contributed by atoms with Crippen molar-refractivity contribution in [1.82, 2.24) is 9.78 Å². The summed E-state index contributed by atoms with van der Waals surface area (Å²) in [6, 6.07) is 10.2. The largest absolute Gasteiger partial charge is 0.493 e. The number of methoxy groups -OCH3 is 2. The van der Waals surface area contributed by atoms with E-state index in [2.05, 4.69) is 5.10 Å². The first-order chi connectivity index (χ1) is 11.6. The molecular weight excluding hydrogens is 309 g/mol. The number of nitrogens with zero attached hydrogens (tertiary/aromatic N) is 2. The van der Waals surface area contributed by atoms with E-state index in [1.165, 1.54) is 12.1 Å². The van der Waals surface area contributed by atoms with Crippen molar-refractivity contribution in [3.8, 4) is 28.4 Å². The fourth-order valence-corrected chi connectivity index (χ4v) is 3.19. The predicted octanol–water partition coefficient (Wildman–Crippen LogP) is 3.18. The standard InChI is InChI=1S/C18H16FN3O2/c1-23-15-7-10-6-14-17(13(10)9-16(15)24-2)22(21-18(14)20)12-5-3-4-11(19)8-12/h3-5,7-9H,6H2,1-2H3,(H2,20,21). The van der Waals surface area contributed by atoms with Gasteiger partial charge in [0.2, 0.25) is 0 Å². The molecule has 1 aliphatic carbocycles. The highest BCUT2D eigenvalue weighted by molar-refractivity contribution is 5.81. The molecule has 1 aliphatic rings. The zero-order valence-corrected chi connectivity index (χ0v) is 13.3. The number of halogens is 1. The van der Waals surface area contributed by atoms with Gasteiger partial charge in [0.1, 0.15) is 11.6 Å². The Labute approximate surface area is 138 Å². The Morgan fingerprint density at radius 3 is 2.58 bits per heavy atom. The van der Waals surface area contributed by atoms with Crippen LogP contribution in [0.15, 0.2) is 36.4 Å². The van der Waals surface area contributed by atoms with Gasteiger partial charge in [-0.2, -0.15) is 0 Å². The van der Waals surface area contributed by atoms with Gasteiger partial charge in [-0.15, -0.1) is 5.10 Å². The number of nitrogen functional groups attached to an aromatic ring is 1. The molecule has 3 aromatic rings. The van der Waals surface area contributed by atoms with Gasteiger partial charge in [-0.1, -0.05) is 6.07 Å². The van der Waals surface area contributed by atoms with Crippen LogP contribution in [0.5, 0.6) is 11.5 Å². The molecule has 2 N–H and O–H groups in total. The van der Waals surface area contributed by atoms with E-state index in [0.29, 0.717) is 29.4 Å². The number of hydrogen-bond acceptors (Lipinski definition) is 4. The van der Waals surface area contributed by atoms with Crippen LogP contribution in [0.3, 0.4) is 0 Å². The molecule has 6 heteroatoms. The minimum absolute atomic E-state index is 0.319. The van der Waals surface area contributed by atoms with E-state index in [4.69, 9.17) is 15.2 Å². The fraction of sp³-hybridized carbons (Fsp3) is 0.167. The van der Waals surface area contributed by atoms with Crippen molar-refractivity contribution in [2.24, 2.45) is 0 Å². The van der Waals surface area contributed by atoms with E-state index in [0.717, 1.165) is 22.4 Å². The van der Waals surface area contributed by atoms with Crippen LogP contribution in [-0.4, -0.2) is 24.0 Å². The third-order valence-corrected chi connectivity index (χ3v) is 4.30. The summed E-state index contributed by atoms with van der Waals surface area (Å²) in [7, 11) is 3.20. The van der Waals surface area contributed by atoms with Crippen LogP contribution in [0.2, 0.25) is 0 Å². The first-order valence-corrected chi connectivity index (χ1v) is 7.51. The summed E-state index contributed by atoms with van der Waals surface area (Å²) in [4.78, 5) is 0. The van der Waals surface area contributed by atoms with E-state index in [-0.39, 0.29) is 5.82 Å². The van der Waals surface area contributed by atoms with E-state index in [9.17, 15) is 4.39 Å². The summed E-state index contributed by atoms with van der Waals surface area (Å²) in [5.41, 5.74) is 10.6. The quantitative estimate of drug-likeness (QED) is 0.628. The van der Waals surface area contributed by atoms with Crippen molar-refractivity contribution in [2.75, 3.05) is 20.0 Å². The van der Waals surface area contributed by atoms with Gasteiger partial charge in [-0.25, -0.2) is 9.07 Å². The second-order valence-electron chi connectivity index (χ2n) is 5.65. The van der Waals surface area contributed by atoms with Crippen LogP contribution >= 0.6 is 0 Å². The maximum absolute atomic E-state index is 13.6. The number of anilines is 1. The maximum Gasteiger partial charge on any atom is 0.161 e. The SMILES string of the molecule is COc1cc2c(cc1OC)-c1c(c(N)nn1-c1cccc(F)c1)C2. The molecule has 0 spiro atoms. The third kappa shape index (κ3) is 2.03. The highest BCUT2D eigenvalue weighted by Gasteiger charge is 2.29. The van der Waals surface area contributed by atoms with Gasteiger partial charge in [0.15, 0.2) is 11.5 Å². The van der Waals surface area contributed by atoms with Crippen molar-refractivity contribution in [2.45, 2.75) is 6.42 Å². The minimum atomic E-state index is -0.319. The van der Waals surface area contributed by atoms with Crippen LogP contribution in [0.1, 0.15) is 11.1 Å². The Hall–Kier alpha value is -3.02. The first kappa shape index (κ1) is 14.6. The Morgan fingerprint density at radius 1 is 1.12 bits per heavy atom. The van der Waals surface area contributed by atoms with E-state index < -0.39 is 0 Å². The van der Waals surface area contributed by atoms with Gasteiger partial charge in [-0.05, 0) is 35.9 Å². The number of nitrogens with two attached hydrogens (primary N) is 1. The molecule has 4 rings (SSSR count). The lowest BCUT2D eigenvalue weighted by Crippen LogP contribution is -2.01. The Kier molecular flexibility index (Phi) is 3.19. The summed E-state index contributed by atoms with van der Waals surface area (Å²) in [6.07, 6.45) is 0.659. The molecule has 0 saturated carbocycles. The molecule has 0 aliphatic heterocycles. The average molecular weight is 325 g/mol. The van der Waals surface area contributed by atoms with Gasteiger partial charge in [0.25, 0.3) is 0 Å². The van der Waals surface area contributed by atoms with E-state index >= 15 is 0 Å². The Morgan fingerprint density at radius 2 is 1.88 bits per heavy atom. The van der Waals surface area contributed by atoms with Crippen LogP contribution < -0.4 is 15.2 Å². The lowest BCUT2D eigenvalue weighted by atomic mass is 10.1. The van der Waals surface area contributed by atoms with Gasteiger partial charge in [0, 0.05) is 17.5 Å². The topological polar surface area (TPSA) is 62.3 Å². The van der Waals surface area contributed by atoms with Crippen LogP contribution in [0, 0.1) is 5.82 Å². The van der Waals surface area contributed by atoms with E-state index in [1.54, 1.807) is 31.0 Å². The Bertz CT molecular complexity index is 950. The highest BCUT2D eigenvalue weighted by Crippen LogP contribution is 2.45. The van der Waals surface area contributed by atoms with Crippen molar-refractivity contribution >= 4 is 5.82 Å². The molecule has 0 saturated heterocycles.